The van der Waals surface area contributed by atoms with Gasteiger partial charge in [-0.1, -0.05) is 0 Å². The number of rotatable bonds is 3. The van der Waals surface area contributed by atoms with Crippen LogP contribution < -0.4 is 16.7 Å². The number of amides is 1. The predicted molar refractivity (Wildman–Crippen MR) is 68.7 cm³/mol. The van der Waals surface area contributed by atoms with Crippen LogP contribution in [-0.4, -0.2) is 55.3 Å². The van der Waals surface area contributed by atoms with E-state index >= 15 is 0 Å². The van der Waals surface area contributed by atoms with E-state index < -0.39 is 42.4 Å². The Morgan fingerprint density at radius 1 is 1.62 bits per heavy atom. The number of aliphatic hydroxyl groups excluding tert-OH is 3. The van der Waals surface area contributed by atoms with E-state index in [1.807, 2.05) is 0 Å². The number of nitrogens with one attached hydrogen (secondary N) is 1. The van der Waals surface area contributed by atoms with Crippen LogP contribution in [0.15, 0.2) is 17.1 Å². The van der Waals surface area contributed by atoms with Crippen LogP contribution in [0.2, 0.25) is 0 Å². The number of nitrogens with zero attached hydrogens (tertiary/aromatic N) is 2. The Hall–Kier alpha value is -2.01. The van der Waals surface area contributed by atoms with E-state index in [2.05, 4.69) is 10.3 Å². The number of nitrogen functional groups attached to an aromatic ring is 1. The molecule has 1 saturated heterocycles. The van der Waals surface area contributed by atoms with Crippen LogP contribution in [0.5, 0.6) is 0 Å². The molecule has 116 valence electrons. The van der Waals surface area contributed by atoms with Gasteiger partial charge in [-0.15, -0.1) is 0 Å². The maximum absolute atomic E-state index is 11.8. The van der Waals surface area contributed by atoms with Crippen LogP contribution in [0, 0.1) is 0 Å². The summed E-state index contributed by atoms with van der Waals surface area (Å²) >= 11 is 0. The van der Waals surface area contributed by atoms with Gasteiger partial charge < -0.3 is 31.1 Å². The first-order chi connectivity index (χ1) is 9.80. The fourth-order valence-corrected chi connectivity index (χ4v) is 2.20. The molecule has 10 heteroatoms. The molecule has 2 heterocycles. The molecule has 1 aliphatic heterocycles. The highest BCUT2D eigenvalue weighted by atomic mass is 16.6. The molecule has 4 atom stereocenters. The lowest BCUT2D eigenvalue weighted by Crippen LogP contribution is -2.58. The summed E-state index contributed by atoms with van der Waals surface area (Å²) in [7, 11) is 0. The van der Waals surface area contributed by atoms with E-state index in [-0.39, 0.29) is 5.82 Å². The number of carbonyl (C=O) groups excluding carboxylic acids is 1. The van der Waals surface area contributed by atoms with E-state index in [1.165, 1.54) is 12.3 Å². The lowest BCUT2D eigenvalue weighted by atomic mass is 10.0. The van der Waals surface area contributed by atoms with Crippen molar-refractivity contribution in [1.82, 2.24) is 14.9 Å². The smallest absolute Gasteiger partial charge is 0.351 e. The van der Waals surface area contributed by atoms with E-state index in [4.69, 9.17) is 10.5 Å². The second kappa shape index (κ2) is 5.41. The van der Waals surface area contributed by atoms with Gasteiger partial charge in [-0.05, 0) is 6.07 Å². The highest BCUT2D eigenvalue weighted by molar-refractivity contribution is 5.73. The van der Waals surface area contributed by atoms with Gasteiger partial charge in [0.25, 0.3) is 0 Å². The third-order valence-electron chi connectivity index (χ3n) is 3.17. The first kappa shape index (κ1) is 15.4. The Morgan fingerprint density at radius 3 is 2.81 bits per heavy atom. The summed E-state index contributed by atoms with van der Waals surface area (Å²) in [6.07, 6.45) is -3.31. The Balaban J connectivity index is 2.39. The van der Waals surface area contributed by atoms with Gasteiger partial charge in [0.2, 0.25) is 5.91 Å². The molecule has 0 bridgehead atoms. The second-order valence-electron chi connectivity index (χ2n) is 4.71. The van der Waals surface area contributed by atoms with Crippen molar-refractivity contribution >= 4 is 11.7 Å². The van der Waals surface area contributed by atoms with E-state index in [1.54, 1.807) is 0 Å². The third kappa shape index (κ3) is 2.61. The maximum Gasteiger partial charge on any atom is 0.351 e. The number of nitrogens with two attached hydrogens (primary N) is 1. The number of aliphatic hydroxyl groups is 3. The predicted octanol–water partition coefficient (Wildman–Crippen LogP) is -3.10. The van der Waals surface area contributed by atoms with Crippen molar-refractivity contribution in [2.45, 2.75) is 31.1 Å². The molecule has 1 aromatic rings. The zero-order valence-electron chi connectivity index (χ0n) is 11.1. The Kier molecular flexibility index (Phi) is 3.96. The van der Waals surface area contributed by atoms with Crippen molar-refractivity contribution in [3.8, 4) is 0 Å². The first-order valence-electron chi connectivity index (χ1n) is 6.09. The van der Waals surface area contributed by atoms with Crippen LogP contribution in [0.3, 0.4) is 0 Å². The highest BCUT2D eigenvalue weighted by Crippen LogP contribution is 2.34. The zero-order chi connectivity index (χ0) is 15.8. The molecule has 10 nitrogen and oxygen atoms in total. The molecule has 2 rings (SSSR count). The molecule has 1 amide bonds. The number of hydrogen-bond acceptors (Lipinski definition) is 8. The fourth-order valence-electron chi connectivity index (χ4n) is 2.20. The molecule has 0 aromatic carbocycles. The van der Waals surface area contributed by atoms with Crippen molar-refractivity contribution in [3.05, 3.63) is 22.7 Å². The molecule has 1 fully saturated rings. The highest BCUT2D eigenvalue weighted by Gasteiger charge is 2.55. The Morgan fingerprint density at radius 2 is 2.29 bits per heavy atom. The summed E-state index contributed by atoms with van der Waals surface area (Å²) in [6.45, 7) is 0.364. The molecule has 0 aliphatic carbocycles. The second-order valence-corrected chi connectivity index (χ2v) is 4.71. The molecule has 0 spiro atoms. The minimum atomic E-state index is -1.91. The number of hydrogen-bond donors (Lipinski definition) is 5. The third-order valence-corrected chi connectivity index (χ3v) is 3.17. The van der Waals surface area contributed by atoms with Gasteiger partial charge in [0.1, 0.15) is 18.0 Å². The summed E-state index contributed by atoms with van der Waals surface area (Å²) in [5, 5.41) is 31.7. The molecule has 2 unspecified atom stereocenters. The van der Waals surface area contributed by atoms with Crippen molar-refractivity contribution in [2.24, 2.45) is 0 Å². The topological polar surface area (TPSA) is 160 Å². The SMILES string of the molecule is CC(=O)N[C@]1(CO)O[C@@H](n2ccc(N)nc2=O)C(O)C1O. The maximum atomic E-state index is 11.8. The van der Waals surface area contributed by atoms with Crippen LogP contribution >= 0.6 is 0 Å². The summed E-state index contributed by atoms with van der Waals surface area (Å²) < 4.78 is 6.25. The van der Waals surface area contributed by atoms with Gasteiger partial charge in [-0.2, -0.15) is 4.98 Å². The Labute approximate surface area is 118 Å². The molecule has 1 aliphatic rings. The average Bonchev–Trinajstić information content (AvgIpc) is 2.64. The zero-order valence-corrected chi connectivity index (χ0v) is 11.1. The van der Waals surface area contributed by atoms with E-state index in [0.717, 1.165) is 11.5 Å². The van der Waals surface area contributed by atoms with Crippen LogP contribution in [-0.2, 0) is 9.53 Å². The van der Waals surface area contributed by atoms with Gasteiger partial charge in [0, 0.05) is 13.1 Å². The van der Waals surface area contributed by atoms with Crippen molar-refractivity contribution in [1.29, 1.82) is 0 Å². The molecule has 21 heavy (non-hydrogen) atoms. The van der Waals surface area contributed by atoms with Gasteiger partial charge in [-0.25, -0.2) is 4.79 Å². The molecular formula is C11H16N4O6. The summed E-state index contributed by atoms with van der Waals surface area (Å²) in [4.78, 5) is 26.4. The van der Waals surface area contributed by atoms with Gasteiger partial charge >= 0.3 is 5.69 Å². The average molecular weight is 300 g/mol. The van der Waals surface area contributed by atoms with Gasteiger partial charge in [-0.3, -0.25) is 9.36 Å². The minimum absolute atomic E-state index is 0.0143. The standard InChI is InChI=1S/C11H16N4O6/c1-5(17)14-11(4-16)8(19)7(18)9(21-11)15-3-2-6(12)13-10(15)20/h2-3,7-9,16,18-19H,4H2,1H3,(H,14,17)(H2,12,13,20)/t7?,8?,9-,11-/m1/s1. The van der Waals surface area contributed by atoms with E-state index in [0.29, 0.717) is 0 Å². The number of carbonyl (C=O) groups is 1. The van der Waals surface area contributed by atoms with Crippen LogP contribution in [0.4, 0.5) is 5.82 Å². The van der Waals surface area contributed by atoms with Crippen molar-refractivity contribution < 1.29 is 24.9 Å². The lowest BCUT2D eigenvalue weighted by molar-refractivity contribution is -0.160. The van der Waals surface area contributed by atoms with Gasteiger partial charge in [0.05, 0.1) is 6.61 Å². The molecule has 0 saturated carbocycles. The fraction of sp³-hybridized carbons (Fsp3) is 0.545. The monoisotopic (exact) mass is 300 g/mol. The number of ether oxygens (including phenoxy) is 1. The number of anilines is 1. The quantitative estimate of drug-likeness (QED) is 0.392. The largest absolute Gasteiger partial charge is 0.391 e. The molecule has 0 radical (unpaired) electrons. The molecule has 6 N–H and O–H groups in total. The van der Waals surface area contributed by atoms with Crippen LogP contribution in [0.25, 0.3) is 0 Å². The lowest BCUT2D eigenvalue weighted by Gasteiger charge is -2.30. The summed E-state index contributed by atoms with van der Waals surface area (Å²) in [6, 6.07) is 1.31. The normalized spacial score (nSPS) is 32.1. The van der Waals surface area contributed by atoms with Crippen molar-refractivity contribution in [3.63, 3.8) is 0 Å². The summed E-state index contributed by atoms with van der Waals surface area (Å²) in [5.74, 6) is -0.599. The van der Waals surface area contributed by atoms with Crippen molar-refractivity contribution in [2.75, 3.05) is 12.3 Å². The number of aromatic nitrogens is 2. The van der Waals surface area contributed by atoms with Crippen LogP contribution in [0.1, 0.15) is 13.2 Å². The molecular weight excluding hydrogens is 284 g/mol. The summed E-state index contributed by atoms with van der Waals surface area (Å²) in [5.41, 5.74) is 2.65. The van der Waals surface area contributed by atoms with E-state index in [9.17, 15) is 24.9 Å². The molecule has 1 aromatic heterocycles. The first-order valence-corrected chi connectivity index (χ1v) is 6.09. The Bertz CT molecular complexity index is 605. The van der Waals surface area contributed by atoms with Gasteiger partial charge in [0.15, 0.2) is 12.0 Å². The minimum Gasteiger partial charge on any atom is -0.391 e.